The first-order valence-corrected chi connectivity index (χ1v) is 9.63. The van der Waals surface area contributed by atoms with Crippen molar-refractivity contribution in [3.8, 4) is 0 Å². The normalized spacial score (nSPS) is 26.7. The van der Waals surface area contributed by atoms with E-state index in [1.807, 2.05) is 24.0 Å². The molecule has 5 heteroatoms. The van der Waals surface area contributed by atoms with Gasteiger partial charge in [-0.25, -0.2) is 0 Å². The van der Waals surface area contributed by atoms with Crippen LogP contribution in [-0.4, -0.2) is 48.8 Å². The first-order valence-electron chi connectivity index (χ1n) is 8.75. The van der Waals surface area contributed by atoms with Crippen LogP contribution in [0, 0.1) is 0 Å². The molecule has 2 fully saturated rings. The fourth-order valence-electron chi connectivity index (χ4n) is 4.05. The van der Waals surface area contributed by atoms with Crippen LogP contribution in [0.2, 0.25) is 0 Å². The third kappa shape index (κ3) is 2.85. The maximum atomic E-state index is 13.0. The maximum absolute atomic E-state index is 13.0. The largest absolute Gasteiger partial charge is 0.376 e. The summed E-state index contributed by atoms with van der Waals surface area (Å²) in [4.78, 5) is 15.0. The van der Waals surface area contributed by atoms with E-state index in [2.05, 4.69) is 17.5 Å². The highest BCUT2D eigenvalue weighted by Crippen LogP contribution is 2.33. The molecule has 1 aliphatic carbocycles. The van der Waals surface area contributed by atoms with Crippen LogP contribution in [0.5, 0.6) is 0 Å². The molecule has 2 aromatic rings. The summed E-state index contributed by atoms with van der Waals surface area (Å²) in [7, 11) is 0. The molecule has 1 saturated heterocycles. The number of fused-ring (bicyclic) bond motifs is 2. The Balaban J connectivity index is 1.50. The van der Waals surface area contributed by atoms with E-state index < -0.39 is 0 Å². The summed E-state index contributed by atoms with van der Waals surface area (Å²) in [6.45, 7) is 4.02. The van der Waals surface area contributed by atoms with Crippen molar-refractivity contribution in [1.82, 2.24) is 4.90 Å². The molecule has 0 N–H and O–H groups in total. The molecule has 2 heterocycles. The van der Waals surface area contributed by atoms with E-state index in [9.17, 15) is 4.79 Å². The number of nitrogens with zero attached hydrogens (tertiary/aromatic N) is 1. The predicted octanol–water partition coefficient (Wildman–Crippen LogP) is 3.24. The van der Waals surface area contributed by atoms with Crippen LogP contribution in [0.1, 0.15) is 25.3 Å². The molecule has 4 rings (SSSR count). The minimum absolute atomic E-state index is 0.0434. The summed E-state index contributed by atoms with van der Waals surface area (Å²) in [5.41, 5.74) is 1.14. The monoisotopic (exact) mass is 345 g/mol. The molecule has 0 spiro atoms. The Morgan fingerprint density at radius 1 is 1.38 bits per heavy atom. The lowest BCUT2D eigenvalue weighted by atomic mass is 10.1. The van der Waals surface area contributed by atoms with Crippen molar-refractivity contribution in [2.75, 3.05) is 19.8 Å². The summed E-state index contributed by atoms with van der Waals surface area (Å²) < 4.78 is 13.0. The highest BCUT2D eigenvalue weighted by atomic mass is 32.1. The summed E-state index contributed by atoms with van der Waals surface area (Å²) >= 11 is 1.71. The molecule has 0 radical (unpaired) electrons. The SMILES string of the molecule is CCO[C@H]1CC[C@H]2[C@@H]1OCCN2C(=O)Cc1csc2ccccc12. The van der Waals surface area contributed by atoms with Crippen molar-refractivity contribution in [2.24, 2.45) is 0 Å². The number of thiophene rings is 1. The zero-order chi connectivity index (χ0) is 16.5. The summed E-state index contributed by atoms with van der Waals surface area (Å²) in [5, 5.41) is 3.33. The number of morpholine rings is 1. The van der Waals surface area contributed by atoms with Gasteiger partial charge in [-0.2, -0.15) is 0 Å². The average Bonchev–Trinajstić information content (AvgIpc) is 3.20. The standard InChI is InChI=1S/C19H23NO3S/c1-2-22-16-8-7-15-19(16)23-10-9-20(15)18(21)11-13-12-24-17-6-4-3-5-14(13)17/h3-6,12,15-16,19H,2,7-11H2,1H3/t15-,16-,19-/m0/s1. The second-order valence-corrected chi connectivity index (χ2v) is 7.41. The van der Waals surface area contributed by atoms with Gasteiger partial charge in [0.2, 0.25) is 5.91 Å². The molecule has 1 aliphatic heterocycles. The zero-order valence-electron chi connectivity index (χ0n) is 13.9. The Bertz CT molecular complexity index is 728. The number of amides is 1. The number of ether oxygens (including phenoxy) is 2. The molecule has 24 heavy (non-hydrogen) atoms. The highest BCUT2D eigenvalue weighted by molar-refractivity contribution is 7.17. The van der Waals surface area contributed by atoms with E-state index in [4.69, 9.17) is 9.47 Å². The number of carbonyl (C=O) groups excluding carboxylic acids is 1. The van der Waals surface area contributed by atoms with Gasteiger partial charge >= 0.3 is 0 Å². The first kappa shape index (κ1) is 16.1. The lowest BCUT2D eigenvalue weighted by molar-refractivity contribution is -0.150. The minimum atomic E-state index is 0.0434. The molecule has 1 saturated carbocycles. The molecule has 1 aromatic carbocycles. The van der Waals surface area contributed by atoms with Gasteiger partial charge in [-0.1, -0.05) is 18.2 Å². The van der Waals surface area contributed by atoms with E-state index in [0.717, 1.165) is 18.4 Å². The van der Waals surface area contributed by atoms with Gasteiger partial charge in [0.1, 0.15) is 6.10 Å². The quantitative estimate of drug-likeness (QED) is 0.854. The van der Waals surface area contributed by atoms with Crippen LogP contribution in [0.15, 0.2) is 29.6 Å². The van der Waals surface area contributed by atoms with Gasteiger partial charge in [0.05, 0.1) is 25.2 Å². The molecule has 3 atom stereocenters. The maximum Gasteiger partial charge on any atom is 0.227 e. The topological polar surface area (TPSA) is 38.8 Å². The Morgan fingerprint density at radius 3 is 3.12 bits per heavy atom. The van der Waals surface area contributed by atoms with Crippen LogP contribution in [0.25, 0.3) is 10.1 Å². The van der Waals surface area contributed by atoms with Crippen LogP contribution < -0.4 is 0 Å². The van der Waals surface area contributed by atoms with Crippen LogP contribution in [-0.2, 0) is 20.7 Å². The Kier molecular flexibility index (Phi) is 4.57. The number of rotatable bonds is 4. The Hall–Kier alpha value is -1.43. The van der Waals surface area contributed by atoms with Crippen molar-refractivity contribution >= 4 is 27.3 Å². The van der Waals surface area contributed by atoms with Crippen LogP contribution >= 0.6 is 11.3 Å². The molecular formula is C19H23NO3S. The molecule has 2 aliphatic rings. The van der Waals surface area contributed by atoms with Crippen molar-refractivity contribution in [3.05, 3.63) is 35.2 Å². The predicted molar refractivity (Wildman–Crippen MR) is 95.4 cm³/mol. The van der Waals surface area contributed by atoms with E-state index in [0.29, 0.717) is 26.2 Å². The molecular weight excluding hydrogens is 322 g/mol. The molecule has 128 valence electrons. The zero-order valence-corrected chi connectivity index (χ0v) is 14.8. The lowest BCUT2D eigenvalue weighted by Crippen LogP contribution is -2.54. The van der Waals surface area contributed by atoms with Gasteiger partial charge < -0.3 is 14.4 Å². The van der Waals surface area contributed by atoms with Gasteiger partial charge in [0.25, 0.3) is 0 Å². The molecule has 0 unspecified atom stereocenters. The second-order valence-electron chi connectivity index (χ2n) is 6.49. The number of hydrogen-bond acceptors (Lipinski definition) is 4. The molecule has 1 amide bonds. The van der Waals surface area contributed by atoms with E-state index >= 15 is 0 Å². The van der Waals surface area contributed by atoms with Gasteiger partial charge in [-0.3, -0.25) is 4.79 Å². The molecule has 4 nitrogen and oxygen atoms in total. The van der Waals surface area contributed by atoms with E-state index in [1.54, 1.807) is 11.3 Å². The van der Waals surface area contributed by atoms with Crippen molar-refractivity contribution in [3.63, 3.8) is 0 Å². The highest BCUT2D eigenvalue weighted by Gasteiger charge is 2.44. The van der Waals surface area contributed by atoms with Gasteiger partial charge in [0.15, 0.2) is 0 Å². The number of benzene rings is 1. The summed E-state index contributed by atoms with van der Waals surface area (Å²) in [5.74, 6) is 0.217. The first-order chi connectivity index (χ1) is 11.8. The fourth-order valence-corrected chi connectivity index (χ4v) is 5.01. The third-order valence-electron chi connectivity index (χ3n) is 5.14. The van der Waals surface area contributed by atoms with Crippen molar-refractivity contribution in [2.45, 2.75) is 44.4 Å². The average molecular weight is 345 g/mol. The van der Waals surface area contributed by atoms with Crippen LogP contribution in [0.4, 0.5) is 0 Å². The number of hydrogen-bond donors (Lipinski definition) is 0. The van der Waals surface area contributed by atoms with Gasteiger partial charge in [0, 0.05) is 17.9 Å². The van der Waals surface area contributed by atoms with Crippen LogP contribution in [0.3, 0.4) is 0 Å². The van der Waals surface area contributed by atoms with Gasteiger partial charge in [-0.05, 0) is 42.2 Å². The molecule has 0 bridgehead atoms. The summed E-state index contributed by atoms with van der Waals surface area (Å²) in [6.07, 6.45) is 2.62. The van der Waals surface area contributed by atoms with Crippen molar-refractivity contribution < 1.29 is 14.3 Å². The van der Waals surface area contributed by atoms with E-state index in [-0.39, 0.29) is 24.2 Å². The third-order valence-corrected chi connectivity index (χ3v) is 6.15. The minimum Gasteiger partial charge on any atom is -0.376 e. The summed E-state index contributed by atoms with van der Waals surface area (Å²) in [6, 6.07) is 8.48. The Morgan fingerprint density at radius 2 is 2.25 bits per heavy atom. The van der Waals surface area contributed by atoms with Crippen molar-refractivity contribution in [1.29, 1.82) is 0 Å². The smallest absolute Gasteiger partial charge is 0.227 e. The molecule has 1 aromatic heterocycles. The van der Waals surface area contributed by atoms with E-state index in [1.165, 1.54) is 10.1 Å². The fraction of sp³-hybridized carbons (Fsp3) is 0.526. The van der Waals surface area contributed by atoms with Gasteiger partial charge in [-0.15, -0.1) is 11.3 Å². The second kappa shape index (κ2) is 6.82. The number of carbonyl (C=O) groups is 1. The Labute approximate surface area is 146 Å². The lowest BCUT2D eigenvalue weighted by Gasteiger charge is -2.39.